The van der Waals surface area contributed by atoms with E-state index in [1.165, 1.54) is 17.7 Å². The van der Waals surface area contributed by atoms with Gasteiger partial charge in [-0.15, -0.1) is 0 Å². The highest BCUT2D eigenvalue weighted by atomic mass is 19.1. The largest absolute Gasteiger partial charge is 0.300 e. The van der Waals surface area contributed by atoms with Crippen molar-refractivity contribution in [2.24, 2.45) is 17.8 Å². The molecule has 0 radical (unpaired) electrons. The van der Waals surface area contributed by atoms with Crippen LogP contribution >= 0.6 is 0 Å². The molecule has 2 aliphatic carbocycles. The van der Waals surface area contributed by atoms with Crippen LogP contribution in [0.5, 0.6) is 0 Å². The minimum Gasteiger partial charge on any atom is -0.300 e. The van der Waals surface area contributed by atoms with Crippen LogP contribution in [0.4, 0.5) is 4.39 Å². The van der Waals surface area contributed by atoms with Crippen molar-refractivity contribution in [3.05, 3.63) is 35.6 Å². The van der Waals surface area contributed by atoms with Crippen LogP contribution in [0, 0.1) is 23.6 Å². The van der Waals surface area contributed by atoms with Gasteiger partial charge in [0.15, 0.2) is 0 Å². The lowest BCUT2D eigenvalue weighted by atomic mass is 9.94. The number of halogens is 1. The number of carbonyl (C=O) groups excluding carboxylic acids is 1. The number of rotatable bonds is 2. The van der Waals surface area contributed by atoms with E-state index in [9.17, 15) is 9.18 Å². The first-order valence-electron chi connectivity index (χ1n) is 5.92. The Kier molecular flexibility index (Phi) is 2.13. The lowest BCUT2D eigenvalue weighted by Crippen LogP contribution is -2.09. The highest BCUT2D eigenvalue weighted by Crippen LogP contribution is 2.64. The van der Waals surface area contributed by atoms with Gasteiger partial charge in [-0.25, -0.2) is 4.39 Å². The third-order valence-electron chi connectivity index (χ3n) is 4.27. The molecule has 0 saturated heterocycles. The smallest absolute Gasteiger partial charge is 0.132 e. The van der Waals surface area contributed by atoms with Crippen LogP contribution < -0.4 is 0 Å². The maximum atomic E-state index is 12.8. The van der Waals surface area contributed by atoms with Crippen LogP contribution in [-0.4, -0.2) is 5.78 Å². The summed E-state index contributed by atoms with van der Waals surface area (Å²) in [6, 6.07) is 6.85. The van der Waals surface area contributed by atoms with Crippen molar-refractivity contribution in [1.82, 2.24) is 0 Å². The van der Waals surface area contributed by atoms with Crippen LogP contribution in [0.15, 0.2) is 24.3 Å². The molecule has 2 aliphatic rings. The van der Waals surface area contributed by atoms with Crippen molar-refractivity contribution in [3.8, 4) is 0 Å². The fourth-order valence-electron chi connectivity index (χ4n) is 3.35. The van der Waals surface area contributed by atoms with Gasteiger partial charge in [0.05, 0.1) is 0 Å². The van der Waals surface area contributed by atoms with Gasteiger partial charge in [-0.2, -0.15) is 0 Å². The van der Waals surface area contributed by atoms with E-state index in [1.807, 2.05) is 12.1 Å². The lowest BCUT2D eigenvalue weighted by Gasteiger charge is -2.10. The summed E-state index contributed by atoms with van der Waals surface area (Å²) in [5, 5.41) is 0. The second-order valence-corrected chi connectivity index (χ2v) is 5.18. The molecule has 1 aromatic carbocycles. The monoisotopic (exact) mass is 218 g/mol. The summed E-state index contributed by atoms with van der Waals surface area (Å²) in [4.78, 5) is 11.3. The predicted molar refractivity (Wildman–Crippen MR) is 59.5 cm³/mol. The zero-order valence-corrected chi connectivity index (χ0v) is 9.32. The van der Waals surface area contributed by atoms with Gasteiger partial charge in [-0.1, -0.05) is 12.1 Å². The molecule has 0 heterocycles. The van der Waals surface area contributed by atoms with Gasteiger partial charge in [0.25, 0.3) is 0 Å². The van der Waals surface area contributed by atoms with E-state index in [1.54, 1.807) is 6.92 Å². The number of ketones is 1. The molecule has 0 aliphatic heterocycles. The van der Waals surface area contributed by atoms with Crippen molar-refractivity contribution in [1.29, 1.82) is 0 Å². The summed E-state index contributed by atoms with van der Waals surface area (Å²) < 4.78 is 12.8. The Hall–Kier alpha value is -1.18. The van der Waals surface area contributed by atoms with Crippen molar-refractivity contribution < 1.29 is 9.18 Å². The summed E-state index contributed by atoms with van der Waals surface area (Å²) in [7, 11) is 0. The van der Waals surface area contributed by atoms with Crippen LogP contribution in [0.3, 0.4) is 0 Å². The van der Waals surface area contributed by atoms with E-state index in [2.05, 4.69) is 0 Å². The highest BCUT2D eigenvalue weighted by Gasteiger charge is 2.56. The molecule has 2 atom stereocenters. The van der Waals surface area contributed by atoms with Gasteiger partial charge >= 0.3 is 0 Å². The molecular formula is C14H15FO. The van der Waals surface area contributed by atoms with Crippen LogP contribution in [-0.2, 0) is 4.79 Å². The molecule has 16 heavy (non-hydrogen) atoms. The van der Waals surface area contributed by atoms with Gasteiger partial charge < -0.3 is 0 Å². The summed E-state index contributed by atoms with van der Waals surface area (Å²) in [6.45, 7) is 1.70. The number of Topliss-reactive ketones (excluding diaryl/α,β-unsaturated/α-hetero) is 1. The molecular weight excluding hydrogens is 203 g/mol. The SMILES string of the molecule is CC(=O)C1CC2C(C1)C2c1ccc(F)cc1. The lowest BCUT2D eigenvalue weighted by molar-refractivity contribution is -0.120. The van der Waals surface area contributed by atoms with Gasteiger partial charge in [0.1, 0.15) is 11.6 Å². The van der Waals surface area contributed by atoms with Crippen molar-refractivity contribution in [3.63, 3.8) is 0 Å². The number of hydrogen-bond acceptors (Lipinski definition) is 1. The van der Waals surface area contributed by atoms with Crippen molar-refractivity contribution in [2.75, 3.05) is 0 Å². The second-order valence-electron chi connectivity index (χ2n) is 5.18. The zero-order valence-electron chi connectivity index (χ0n) is 9.32. The van der Waals surface area contributed by atoms with Gasteiger partial charge in [-0.3, -0.25) is 4.79 Å². The Morgan fingerprint density at radius 2 is 1.75 bits per heavy atom. The maximum Gasteiger partial charge on any atom is 0.132 e. The average molecular weight is 218 g/mol. The van der Waals surface area contributed by atoms with Gasteiger partial charge in [-0.05, 0) is 55.2 Å². The molecule has 2 fully saturated rings. The van der Waals surface area contributed by atoms with Gasteiger partial charge in [0, 0.05) is 5.92 Å². The number of carbonyl (C=O) groups is 1. The fourth-order valence-corrected chi connectivity index (χ4v) is 3.35. The molecule has 2 saturated carbocycles. The first kappa shape index (κ1) is 10.0. The molecule has 0 N–H and O–H groups in total. The molecule has 84 valence electrons. The van der Waals surface area contributed by atoms with Crippen LogP contribution in [0.2, 0.25) is 0 Å². The molecule has 2 heteroatoms. The van der Waals surface area contributed by atoms with E-state index >= 15 is 0 Å². The number of benzene rings is 1. The third kappa shape index (κ3) is 1.48. The fraction of sp³-hybridized carbons (Fsp3) is 0.500. The summed E-state index contributed by atoms with van der Waals surface area (Å²) in [5.41, 5.74) is 1.25. The summed E-state index contributed by atoms with van der Waals surface area (Å²) in [6.07, 6.45) is 2.09. The van der Waals surface area contributed by atoms with Crippen LogP contribution in [0.25, 0.3) is 0 Å². The van der Waals surface area contributed by atoms with Gasteiger partial charge in [0.2, 0.25) is 0 Å². The van der Waals surface area contributed by atoms with E-state index in [0.29, 0.717) is 29.5 Å². The standard InChI is InChI=1S/C14H15FO/c1-8(16)10-6-12-13(7-10)14(12)9-2-4-11(15)5-3-9/h2-5,10,12-14H,6-7H2,1H3. The Morgan fingerprint density at radius 3 is 2.25 bits per heavy atom. The highest BCUT2D eigenvalue weighted by molar-refractivity contribution is 5.79. The molecule has 1 nitrogen and oxygen atoms in total. The maximum absolute atomic E-state index is 12.8. The van der Waals surface area contributed by atoms with Crippen molar-refractivity contribution >= 4 is 5.78 Å². The molecule has 2 unspecified atom stereocenters. The van der Waals surface area contributed by atoms with E-state index in [0.717, 1.165) is 12.8 Å². The Morgan fingerprint density at radius 1 is 1.19 bits per heavy atom. The minimum atomic E-state index is -0.170. The third-order valence-corrected chi connectivity index (χ3v) is 4.27. The predicted octanol–water partition coefficient (Wildman–Crippen LogP) is 3.15. The van der Waals surface area contributed by atoms with Crippen molar-refractivity contribution in [2.45, 2.75) is 25.7 Å². The molecule has 1 aromatic rings. The molecule has 3 rings (SSSR count). The zero-order chi connectivity index (χ0) is 11.3. The number of hydrogen-bond donors (Lipinski definition) is 0. The second kappa shape index (κ2) is 3.41. The summed E-state index contributed by atoms with van der Waals surface area (Å²) >= 11 is 0. The normalized spacial score (nSPS) is 35.9. The molecule has 0 aromatic heterocycles. The minimum absolute atomic E-state index is 0.170. The van der Waals surface area contributed by atoms with E-state index in [-0.39, 0.29) is 5.82 Å². The van der Waals surface area contributed by atoms with E-state index < -0.39 is 0 Å². The van der Waals surface area contributed by atoms with E-state index in [4.69, 9.17) is 0 Å². The molecule has 0 bridgehead atoms. The molecule has 0 amide bonds. The molecule has 0 spiro atoms. The Bertz CT molecular complexity index is 411. The summed E-state index contributed by atoms with van der Waals surface area (Å²) in [5.74, 6) is 2.42. The average Bonchev–Trinajstić information content (AvgIpc) is 2.75. The van der Waals surface area contributed by atoms with Crippen LogP contribution in [0.1, 0.15) is 31.2 Å². The first-order chi connectivity index (χ1) is 7.66. The Labute approximate surface area is 94.7 Å². The topological polar surface area (TPSA) is 17.1 Å². The first-order valence-corrected chi connectivity index (χ1v) is 5.92. The Balaban J connectivity index is 1.70. The number of fused-ring (bicyclic) bond motifs is 1. The quantitative estimate of drug-likeness (QED) is 0.745.